The molecule has 64 valence electrons. The molecule has 0 bridgehead atoms. The molecule has 1 aromatic carbocycles. The van der Waals surface area contributed by atoms with E-state index in [1.54, 1.807) is 11.8 Å². The lowest BCUT2D eigenvalue weighted by Gasteiger charge is -1.83. The Hall–Kier alpha value is -1.31. The molecule has 0 heterocycles. The van der Waals surface area contributed by atoms with Crippen LogP contribution in [0, 0.1) is 23.0 Å². The van der Waals surface area contributed by atoms with E-state index in [0.29, 0.717) is 0 Å². The fourth-order valence-corrected chi connectivity index (χ4v) is 1.03. The van der Waals surface area contributed by atoms with Gasteiger partial charge in [0.2, 0.25) is 0 Å². The summed E-state index contributed by atoms with van der Waals surface area (Å²) in [6.07, 6.45) is 0. The van der Waals surface area contributed by atoms with Crippen LogP contribution in [0.1, 0.15) is 12.5 Å². The topological polar surface area (TPSA) is 0 Å². The van der Waals surface area contributed by atoms with E-state index in [4.69, 9.17) is 0 Å². The van der Waals surface area contributed by atoms with E-state index in [-0.39, 0.29) is 0 Å². The van der Waals surface area contributed by atoms with Crippen molar-refractivity contribution in [2.45, 2.75) is 6.92 Å². The molecule has 0 saturated heterocycles. The second kappa shape index (κ2) is 6.23. The maximum atomic E-state index is 2.97. The molecule has 0 radical (unpaired) electrons. The molecule has 1 heteroatoms. The van der Waals surface area contributed by atoms with Crippen molar-refractivity contribution in [3.05, 3.63) is 35.9 Å². The van der Waals surface area contributed by atoms with Gasteiger partial charge in [-0.15, -0.1) is 0 Å². The van der Waals surface area contributed by atoms with Crippen molar-refractivity contribution in [2.75, 3.05) is 5.75 Å². The van der Waals surface area contributed by atoms with Crippen LogP contribution >= 0.6 is 11.8 Å². The standard InChI is InChI=1S/C12H10S/c1-2-13-11-7-6-10-12-8-4-3-5-9-12/h3-5,8-9H,2H2,1H3. The van der Waals surface area contributed by atoms with Gasteiger partial charge >= 0.3 is 0 Å². The van der Waals surface area contributed by atoms with Crippen molar-refractivity contribution in [1.82, 2.24) is 0 Å². The van der Waals surface area contributed by atoms with Crippen molar-refractivity contribution in [2.24, 2.45) is 0 Å². The Morgan fingerprint density at radius 2 is 1.92 bits per heavy atom. The predicted octanol–water partition coefficient (Wildman–Crippen LogP) is 2.75. The summed E-state index contributed by atoms with van der Waals surface area (Å²) in [6.45, 7) is 2.07. The highest BCUT2D eigenvalue weighted by Crippen LogP contribution is 1.94. The summed E-state index contributed by atoms with van der Waals surface area (Å²) in [5.74, 6) is 9.57. The minimum Gasteiger partial charge on any atom is -0.0743 e. The Morgan fingerprint density at radius 1 is 1.15 bits per heavy atom. The zero-order valence-corrected chi connectivity index (χ0v) is 8.32. The highest BCUT2D eigenvalue weighted by molar-refractivity contribution is 8.03. The van der Waals surface area contributed by atoms with Gasteiger partial charge in [-0.3, -0.25) is 0 Å². The molecule has 0 aliphatic rings. The molecule has 0 aromatic heterocycles. The highest BCUT2D eigenvalue weighted by Gasteiger charge is 1.78. The Labute approximate surface area is 83.7 Å². The van der Waals surface area contributed by atoms with Crippen molar-refractivity contribution in [1.29, 1.82) is 0 Å². The molecule has 0 N–H and O–H groups in total. The lowest BCUT2D eigenvalue weighted by molar-refractivity contribution is 1.54. The van der Waals surface area contributed by atoms with Crippen LogP contribution in [-0.2, 0) is 0 Å². The Morgan fingerprint density at radius 3 is 2.62 bits per heavy atom. The molecule has 0 atom stereocenters. The van der Waals surface area contributed by atoms with Gasteiger partial charge in [0.1, 0.15) is 0 Å². The van der Waals surface area contributed by atoms with E-state index in [9.17, 15) is 0 Å². The van der Waals surface area contributed by atoms with Gasteiger partial charge in [0.25, 0.3) is 0 Å². The summed E-state index contributed by atoms with van der Waals surface area (Å²) in [7, 11) is 0. The van der Waals surface area contributed by atoms with Gasteiger partial charge in [-0.2, -0.15) is 0 Å². The van der Waals surface area contributed by atoms with Crippen LogP contribution in [-0.4, -0.2) is 5.75 Å². The summed E-state index contributed by atoms with van der Waals surface area (Å²) in [5, 5.41) is 2.90. The molecule has 1 rings (SSSR count). The fourth-order valence-electron chi connectivity index (χ4n) is 0.759. The van der Waals surface area contributed by atoms with Gasteiger partial charge in [-0.05, 0) is 29.2 Å². The Bertz CT molecular complexity index is 357. The predicted molar refractivity (Wildman–Crippen MR) is 59.2 cm³/mol. The van der Waals surface area contributed by atoms with E-state index in [1.807, 2.05) is 30.3 Å². The summed E-state index contributed by atoms with van der Waals surface area (Å²) < 4.78 is 0. The smallest absolute Gasteiger partial charge is 0.0255 e. The molecule has 0 aliphatic carbocycles. The molecule has 0 fully saturated rings. The average molecular weight is 186 g/mol. The van der Waals surface area contributed by atoms with Gasteiger partial charge in [0.15, 0.2) is 0 Å². The number of benzene rings is 1. The van der Waals surface area contributed by atoms with Crippen LogP contribution in [0.15, 0.2) is 30.3 Å². The average Bonchev–Trinajstić information content (AvgIpc) is 2.19. The summed E-state index contributed by atoms with van der Waals surface area (Å²) >= 11 is 1.58. The highest BCUT2D eigenvalue weighted by atomic mass is 32.2. The number of hydrogen-bond acceptors (Lipinski definition) is 1. The molecular formula is C12H10S. The van der Waals surface area contributed by atoms with Crippen LogP contribution in [0.3, 0.4) is 0 Å². The third-order valence-electron chi connectivity index (χ3n) is 1.31. The molecule has 0 nitrogen and oxygen atoms in total. The van der Waals surface area contributed by atoms with Gasteiger partial charge in [-0.25, -0.2) is 0 Å². The summed E-state index contributed by atoms with van der Waals surface area (Å²) in [6, 6.07) is 9.86. The first-order valence-electron chi connectivity index (χ1n) is 4.11. The third kappa shape index (κ3) is 4.31. The van der Waals surface area contributed by atoms with Gasteiger partial charge in [0.05, 0.1) is 0 Å². The fraction of sp³-hybridized carbons (Fsp3) is 0.167. The van der Waals surface area contributed by atoms with Crippen LogP contribution in [0.25, 0.3) is 0 Å². The lowest BCUT2D eigenvalue weighted by Crippen LogP contribution is -1.68. The maximum absolute atomic E-state index is 2.97. The zero-order chi connectivity index (χ0) is 9.36. The molecule has 0 saturated carbocycles. The second-order valence-corrected chi connectivity index (χ2v) is 3.35. The van der Waals surface area contributed by atoms with E-state index in [1.165, 1.54) is 0 Å². The second-order valence-electron chi connectivity index (χ2n) is 2.28. The molecule has 0 unspecified atom stereocenters. The zero-order valence-electron chi connectivity index (χ0n) is 7.50. The van der Waals surface area contributed by atoms with Crippen LogP contribution < -0.4 is 0 Å². The molecule has 13 heavy (non-hydrogen) atoms. The summed E-state index contributed by atoms with van der Waals surface area (Å²) in [4.78, 5) is 0. The first-order valence-corrected chi connectivity index (χ1v) is 5.10. The van der Waals surface area contributed by atoms with Crippen LogP contribution in [0.2, 0.25) is 0 Å². The van der Waals surface area contributed by atoms with E-state index < -0.39 is 0 Å². The minimum atomic E-state index is 1.01. The van der Waals surface area contributed by atoms with E-state index in [2.05, 4.69) is 29.9 Å². The maximum Gasteiger partial charge on any atom is 0.0255 e. The SMILES string of the molecule is CCSC#CC#Cc1ccccc1. The number of thioether (sulfide) groups is 1. The van der Waals surface area contributed by atoms with Crippen LogP contribution in [0.5, 0.6) is 0 Å². The van der Waals surface area contributed by atoms with Crippen molar-refractivity contribution >= 4 is 11.8 Å². The molecule has 1 aromatic rings. The molecular weight excluding hydrogens is 176 g/mol. The van der Waals surface area contributed by atoms with Crippen LogP contribution in [0.4, 0.5) is 0 Å². The van der Waals surface area contributed by atoms with E-state index in [0.717, 1.165) is 11.3 Å². The monoisotopic (exact) mass is 186 g/mol. The molecule has 0 spiro atoms. The lowest BCUT2D eigenvalue weighted by atomic mass is 10.2. The normalized spacial score (nSPS) is 7.77. The third-order valence-corrected chi connectivity index (χ3v) is 1.85. The Kier molecular flexibility index (Phi) is 4.69. The Balaban J connectivity index is 2.55. The van der Waals surface area contributed by atoms with Crippen molar-refractivity contribution < 1.29 is 0 Å². The summed E-state index contributed by atoms with van der Waals surface area (Å²) in [5.41, 5.74) is 1.01. The first kappa shape index (κ1) is 9.78. The van der Waals surface area contributed by atoms with Crippen molar-refractivity contribution in [3.8, 4) is 23.0 Å². The van der Waals surface area contributed by atoms with Gasteiger partial charge in [-0.1, -0.05) is 42.8 Å². The van der Waals surface area contributed by atoms with Gasteiger partial charge < -0.3 is 0 Å². The van der Waals surface area contributed by atoms with E-state index >= 15 is 0 Å². The molecule has 0 aliphatic heterocycles. The molecule has 0 amide bonds. The largest absolute Gasteiger partial charge is 0.0743 e. The number of hydrogen-bond donors (Lipinski definition) is 0. The quantitative estimate of drug-likeness (QED) is 0.608. The minimum absolute atomic E-state index is 1.01. The first-order chi connectivity index (χ1) is 6.43. The number of rotatable bonds is 1. The van der Waals surface area contributed by atoms with Gasteiger partial charge in [0, 0.05) is 11.3 Å². The van der Waals surface area contributed by atoms with Crippen molar-refractivity contribution in [3.63, 3.8) is 0 Å².